The van der Waals surface area contributed by atoms with E-state index in [1.54, 1.807) is 6.08 Å². The maximum Gasteiger partial charge on any atom is 0.220 e. The molecule has 212 valence electrons. The topological polar surface area (TPSA) is 69.6 Å². The molecule has 0 bridgehead atoms. The number of unbranched alkanes of at least 4 members (excludes halogenated alkanes) is 18. The largest absolute Gasteiger partial charge is 0.394 e. The molecule has 0 rings (SSSR count). The summed E-state index contributed by atoms with van der Waals surface area (Å²) < 4.78 is 0. The Morgan fingerprint density at radius 3 is 1.61 bits per heavy atom. The van der Waals surface area contributed by atoms with Crippen molar-refractivity contribution in [2.75, 3.05) is 6.61 Å². The van der Waals surface area contributed by atoms with Gasteiger partial charge >= 0.3 is 0 Å². The molecule has 0 spiro atoms. The van der Waals surface area contributed by atoms with Crippen LogP contribution in [0.25, 0.3) is 0 Å². The minimum absolute atomic E-state index is 0.0780. The van der Waals surface area contributed by atoms with Gasteiger partial charge in [-0.25, -0.2) is 0 Å². The van der Waals surface area contributed by atoms with Crippen molar-refractivity contribution < 1.29 is 15.0 Å². The van der Waals surface area contributed by atoms with Crippen molar-refractivity contribution in [3.63, 3.8) is 0 Å². The molecule has 0 aromatic heterocycles. The van der Waals surface area contributed by atoms with Crippen LogP contribution in [-0.2, 0) is 4.79 Å². The van der Waals surface area contributed by atoms with Crippen molar-refractivity contribution in [3.8, 4) is 0 Å². The summed E-state index contributed by atoms with van der Waals surface area (Å²) in [6.45, 7) is 4.25. The lowest BCUT2D eigenvalue weighted by molar-refractivity contribution is -0.123. The fourth-order valence-electron chi connectivity index (χ4n) is 4.48. The molecule has 0 aliphatic heterocycles. The van der Waals surface area contributed by atoms with Crippen LogP contribution in [0.3, 0.4) is 0 Å². The summed E-state index contributed by atoms with van der Waals surface area (Å²) in [5, 5.41) is 22.7. The molecule has 0 aromatic rings. The summed E-state index contributed by atoms with van der Waals surface area (Å²) in [5.74, 6) is -0.0780. The second-order valence-electron chi connectivity index (χ2n) is 10.5. The maximum absolute atomic E-state index is 12.2. The fraction of sp³-hybridized carbons (Fsp3) is 0.844. The second kappa shape index (κ2) is 28.4. The Bertz CT molecular complexity index is 518. The minimum atomic E-state index is -0.854. The molecule has 1 amide bonds. The average Bonchev–Trinajstić information content (AvgIpc) is 2.88. The van der Waals surface area contributed by atoms with Crippen LogP contribution in [0.15, 0.2) is 24.3 Å². The number of carbonyl (C=O) groups excluding carboxylic acids is 1. The first-order valence-electron chi connectivity index (χ1n) is 15.6. The molecular formula is C32H61NO3. The number of amides is 1. The van der Waals surface area contributed by atoms with E-state index in [9.17, 15) is 15.0 Å². The van der Waals surface area contributed by atoms with E-state index in [2.05, 4.69) is 31.3 Å². The van der Waals surface area contributed by atoms with Gasteiger partial charge in [0.25, 0.3) is 0 Å². The van der Waals surface area contributed by atoms with Gasteiger partial charge in [-0.3, -0.25) is 4.79 Å². The predicted molar refractivity (Wildman–Crippen MR) is 156 cm³/mol. The molecule has 2 unspecified atom stereocenters. The summed E-state index contributed by atoms with van der Waals surface area (Å²) in [5.41, 5.74) is 0. The highest BCUT2D eigenvalue weighted by Crippen LogP contribution is 2.12. The standard InChI is InChI=1S/C32H61NO3/c1-3-5-7-9-11-13-15-16-18-19-21-23-25-27-31(35)30(29-34)33-32(36)28-26-24-22-20-17-14-12-10-8-6-4-2/h18-19,25,27,30-31,34-35H,3-17,20-24,26,28-29H2,1-2H3,(H,33,36)/b19-18+,27-25+. The third-order valence-electron chi connectivity index (χ3n) is 6.94. The first kappa shape index (κ1) is 34.9. The zero-order chi connectivity index (χ0) is 26.5. The number of hydrogen-bond donors (Lipinski definition) is 3. The second-order valence-corrected chi connectivity index (χ2v) is 10.5. The molecule has 3 N–H and O–H groups in total. The first-order valence-corrected chi connectivity index (χ1v) is 15.6. The van der Waals surface area contributed by atoms with Gasteiger partial charge in [-0.05, 0) is 32.1 Å². The van der Waals surface area contributed by atoms with Gasteiger partial charge in [-0.15, -0.1) is 0 Å². The molecule has 36 heavy (non-hydrogen) atoms. The van der Waals surface area contributed by atoms with Gasteiger partial charge in [-0.2, -0.15) is 0 Å². The number of allylic oxidation sites excluding steroid dienone is 3. The quantitative estimate of drug-likeness (QED) is 0.0770. The molecule has 0 aliphatic carbocycles. The highest BCUT2D eigenvalue weighted by atomic mass is 16.3. The van der Waals surface area contributed by atoms with E-state index in [0.717, 1.165) is 32.1 Å². The first-order chi connectivity index (χ1) is 17.7. The number of nitrogens with one attached hydrogen (secondary N) is 1. The molecule has 0 saturated heterocycles. The number of aliphatic hydroxyl groups excluding tert-OH is 2. The summed E-state index contributed by atoms with van der Waals surface area (Å²) in [6.07, 6.45) is 33.9. The molecule has 0 radical (unpaired) electrons. The van der Waals surface area contributed by atoms with Crippen molar-refractivity contribution >= 4 is 5.91 Å². The number of rotatable bonds is 27. The number of hydrogen-bond acceptors (Lipinski definition) is 3. The fourth-order valence-corrected chi connectivity index (χ4v) is 4.48. The molecule has 0 heterocycles. The predicted octanol–water partition coefficient (Wildman–Crippen LogP) is 8.56. The van der Waals surface area contributed by atoms with Gasteiger partial charge in [0.05, 0.1) is 18.8 Å². The van der Waals surface area contributed by atoms with Crippen LogP contribution >= 0.6 is 0 Å². The monoisotopic (exact) mass is 507 g/mol. The average molecular weight is 508 g/mol. The summed E-state index contributed by atoms with van der Waals surface area (Å²) in [6, 6.07) is -0.630. The van der Waals surface area contributed by atoms with Gasteiger partial charge in [0.1, 0.15) is 0 Å². The maximum atomic E-state index is 12.2. The lowest BCUT2D eigenvalue weighted by Gasteiger charge is -2.19. The van der Waals surface area contributed by atoms with Crippen molar-refractivity contribution in [1.29, 1.82) is 0 Å². The van der Waals surface area contributed by atoms with E-state index in [1.165, 1.54) is 103 Å². The lowest BCUT2D eigenvalue weighted by atomic mass is 10.0. The van der Waals surface area contributed by atoms with Crippen molar-refractivity contribution in [2.24, 2.45) is 0 Å². The highest BCUT2D eigenvalue weighted by Gasteiger charge is 2.17. The van der Waals surface area contributed by atoms with E-state index < -0.39 is 12.1 Å². The molecule has 2 atom stereocenters. The van der Waals surface area contributed by atoms with Gasteiger partial charge in [0, 0.05) is 6.42 Å². The smallest absolute Gasteiger partial charge is 0.220 e. The third-order valence-corrected chi connectivity index (χ3v) is 6.94. The highest BCUT2D eigenvalue weighted by molar-refractivity contribution is 5.76. The number of aliphatic hydroxyl groups is 2. The summed E-state index contributed by atoms with van der Waals surface area (Å²) in [7, 11) is 0. The van der Waals surface area contributed by atoms with Crippen LogP contribution < -0.4 is 5.32 Å². The van der Waals surface area contributed by atoms with E-state index in [-0.39, 0.29) is 12.5 Å². The Kier molecular flexibility index (Phi) is 27.5. The normalized spacial score (nSPS) is 13.6. The van der Waals surface area contributed by atoms with Crippen LogP contribution in [0.2, 0.25) is 0 Å². The van der Waals surface area contributed by atoms with E-state index in [0.29, 0.717) is 6.42 Å². The lowest BCUT2D eigenvalue weighted by Crippen LogP contribution is -2.45. The van der Waals surface area contributed by atoms with Crippen molar-refractivity contribution in [3.05, 3.63) is 24.3 Å². The Morgan fingerprint density at radius 2 is 1.08 bits per heavy atom. The van der Waals surface area contributed by atoms with Gasteiger partial charge < -0.3 is 15.5 Å². The number of carbonyl (C=O) groups is 1. The molecule has 0 saturated carbocycles. The Hall–Kier alpha value is -1.13. The Balaban J connectivity index is 3.74. The van der Waals surface area contributed by atoms with Gasteiger partial charge in [0.15, 0.2) is 0 Å². The van der Waals surface area contributed by atoms with E-state index in [1.807, 2.05) is 6.08 Å². The van der Waals surface area contributed by atoms with Crippen LogP contribution in [0.1, 0.15) is 155 Å². The van der Waals surface area contributed by atoms with Crippen molar-refractivity contribution in [2.45, 2.75) is 167 Å². The molecule has 0 fully saturated rings. The van der Waals surface area contributed by atoms with Crippen LogP contribution in [-0.4, -0.2) is 34.9 Å². The van der Waals surface area contributed by atoms with Crippen molar-refractivity contribution in [1.82, 2.24) is 5.32 Å². The third kappa shape index (κ3) is 24.6. The minimum Gasteiger partial charge on any atom is -0.394 e. The Morgan fingerprint density at radius 1 is 0.639 bits per heavy atom. The summed E-state index contributed by atoms with van der Waals surface area (Å²) in [4.78, 5) is 12.2. The van der Waals surface area contributed by atoms with E-state index in [4.69, 9.17) is 0 Å². The molecule has 0 aliphatic rings. The summed E-state index contributed by atoms with van der Waals surface area (Å²) >= 11 is 0. The van der Waals surface area contributed by atoms with E-state index >= 15 is 0 Å². The van der Waals surface area contributed by atoms with Crippen LogP contribution in [0.4, 0.5) is 0 Å². The Labute approximate surface area is 224 Å². The molecular weight excluding hydrogens is 446 g/mol. The molecule has 0 aromatic carbocycles. The SMILES string of the molecule is CCCCCCCCC/C=C/CC/C=C/C(O)C(CO)NC(=O)CCCCCCCCCCCCC. The zero-order valence-electron chi connectivity index (χ0n) is 24.0. The molecule has 4 heteroatoms. The van der Waals surface area contributed by atoms with Crippen LogP contribution in [0.5, 0.6) is 0 Å². The van der Waals surface area contributed by atoms with Gasteiger partial charge in [0.2, 0.25) is 5.91 Å². The molecule has 4 nitrogen and oxygen atoms in total. The zero-order valence-corrected chi connectivity index (χ0v) is 24.0. The van der Waals surface area contributed by atoms with Gasteiger partial charge in [-0.1, -0.05) is 141 Å². The van der Waals surface area contributed by atoms with Crippen LogP contribution in [0, 0.1) is 0 Å².